The Morgan fingerprint density at radius 2 is 2.30 bits per heavy atom. The van der Waals surface area contributed by atoms with E-state index >= 15 is 0 Å². The molecule has 1 rings (SSSR count). The van der Waals surface area contributed by atoms with E-state index in [4.69, 9.17) is 4.74 Å². The van der Waals surface area contributed by atoms with Crippen LogP contribution in [0.25, 0.3) is 0 Å². The summed E-state index contributed by atoms with van der Waals surface area (Å²) >= 11 is 4.30. The summed E-state index contributed by atoms with van der Waals surface area (Å²) in [5.74, 6) is 0.878. The average Bonchev–Trinajstić information content (AvgIpc) is 2.06. The first kappa shape index (κ1) is 8.41. The smallest absolute Gasteiger partial charge is 0.0767 e. The van der Waals surface area contributed by atoms with Gasteiger partial charge in [-0.15, -0.1) is 0 Å². The second-order valence-electron chi connectivity index (χ2n) is 3.00. The number of ether oxygens (including phenoxy) is 1. The van der Waals surface area contributed by atoms with E-state index in [1.54, 1.807) is 0 Å². The van der Waals surface area contributed by atoms with Gasteiger partial charge in [-0.2, -0.15) is 12.6 Å². The van der Waals surface area contributed by atoms with Crippen LogP contribution in [0.2, 0.25) is 0 Å². The Morgan fingerprint density at radius 3 is 2.60 bits per heavy atom. The Balaban J connectivity index is 2.44. The molecule has 0 aromatic heterocycles. The Labute approximate surface area is 68.6 Å². The predicted molar refractivity (Wildman–Crippen MR) is 46.7 cm³/mol. The quantitative estimate of drug-likeness (QED) is 0.610. The summed E-state index contributed by atoms with van der Waals surface area (Å²) in [6.45, 7) is 3.12. The fraction of sp³-hybridized carbons (Fsp3) is 1.00. The molecule has 0 aromatic rings. The van der Waals surface area contributed by atoms with Crippen molar-refractivity contribution in [1.82, 2.24) is 0 Å². The van der Waals surface area contributed by atoms with E-state index in [-0.39, 0.29) is 5.60 Å². The van der Waals surface area contributed by atoms with Crippen LogP contribution in [0.3, 0.4) is 0 Å². The van der Waals surface area contributed by atoms with Crippen molar-refractivity contribution >= 4 is 12.6 Å². The second kappa shape index (κ2) is 3.63. The topological polar surface area (TPSA) is 9.23 Å². The Bertz CT molecular complexity index is 91.4. The lowest BCUT2D eigenvalue weighted by Gasteiger charge is -2.35. The molecule has 1 unspecified atom stereocenters. The highest BCUT2D eigenvalue weighted by Crippen LogP contribution is 2.28. The largest absolute Gasteiger partial charge is 0.374 e. The van der Waals surface area contributed by atoms with Gasteiger partial charge in [0.1, 0.15) is 0 Å². The Kier molecular flexibility index (Phi) is 3.05. The van der Waals surface area contributed by atoms with E-state index in [0.717, 1.165) is 18.8 Å². The zero-order chi connectivity index (χ0) is 7.45. The minimum absolute atomic E-state index is 0.126. The molecule has 1 fully saturated rings. The summed E-state index contributed by atoms with van der Waals surface area (Å²) in [7, 11) is 0. The van der Waals surface area contributed by atoms with Crippen LogP contribution >= 0.6 is 12.6 Å². The maximum atomic E-state index is 5.69. The van der Waals surface area contributed by atoms with Crippen molar-refractivity contribution in [2.75, 3.05) is 12.4 Å². The van der Waals surface area contributed by atoms with Crippen LogP contribution in [0.4, 0.5) is 0 Å². The second-order valence-corrected chi connectivity index (χ2v) is 3.32. The molecular weight excluding hydrogens is 144 g/mol. The summed E-state index contributed by atoms with van der Waals surface area (Å²) in [5.41, 5.74) is 0.126. The molecule has 2 heteroatoms. The van der Waals surface area contributed by atoms with Crippen molar-refractivity contribution in [2.24, 2.45) is 0 Å². The molecule has 1 saturated heterocycles. The van der Waals surface area contributed by atoms with E-state index in [1.807, 2.05) is 0 Å². The molecule has 1 heterocycles. The molecule has 0 spiro atoms. The van der Waals surface area contributed by atoms with Gasteiger partial charge in [0.05, 0.1) is 5.60 Å². The van der Waals surface area contributed by atoms with Gasteiger partial charge in [0, 0.05) is 12.4 Å². The highest BCUT2D eigenvalue weighted by Gasteiger charge is 2.29. The number of hydrogen-bond donors (Lipinski definition) is 1. The SMILES string of the molecule is CCC1(CS)CCCCO1. The van der Waals surface area contributed by atoms with Crippen LogP contribution in [-0.2, 0) is 4.74 Å². The van der Waals surface area contributed by atoms with Crippen molar-refractivity contribution in [3.8, 4) is 0 Å². The molecule has 0 bridgehead atoms. The van der Waals surface area contributed by atoms with Crippen LogP contribution < -0.4 is 0 Å². The van der Waals surface area contributed by atoms with Crippen molar-refractivity contribution in [3.05, 3.63) is 0 Å². The molecule has 60 valence electrons. The van der Waals surface area contributed by atoms with E-state index in [2.05, 4.69) is 19.6 Å². The fourth-order valence-corrected chi connectivity index (χ4v) is 1.90. The van der Waals surface area contributed by atoms with Gasteiger partial charge in [0.25, 0.3) is 0 Å². The van der Waals surface area contributed by atoms with E-state index in [0.29, 0.717) is 0 Å². The van der Waals surface area contributed by atoms with Crippen molar-refractivity contribution in [3.63, 3.8) is 0 Å². The van der Waals surface area contributed by atoms with Crippen molar-refractivity contribution < 1.29 is 4.74 Å². The van der Waals surface area contributed by atoms with Gasteiger partial charge < -0.3 is 4.74 Å². The molecule has 0 aliphatic carbocycles. The van der Waals surface area contributed by atoms with Crippen LogP contribution in [0, 0.1) is 0 Å². The molecule has 1 aliphatic rings. The van der Waals surface area contributed by atoms with Crippen molar-refractivity contribution in [2.45, 2.75) is 38.2 Å². The van der Waals surface area contributed by atoms with Gasteiger partial charge in [-0.1, -0.05) is 6.92 Å². The summed E-state index contributed by atoms with van der Waals surface area (Å²) in [6, 6.07) is 0. The van der Waals surface area contributed by atoms with Gasteiger partial charge in [-0.25, -0.2) is 0 Å². The lowest BCUT2D eigenvalue weighted by Crippen LogP contribution is -2.37. The monoisotopic (exact) mass is 160 g/mol. The molecule has 1 aliphatic heterocycles. The summed E-state index contributed by atoms with van der Waals surface area (Å²) in [6.07, 6.45) is 4.85. The molecule has 0 saturated carbocycles. The van der Waals surface area contributed by atoms with Crippen molar-refractivity contribution in [1.29, 1.82) is 0 Å². The first-order valence-electron chi connectivity index (χ1n) is 4.08. The van der Waals surface area contributed by atoms with E-state index in [1.165, 1.54) is 19.3 Å². The minimum Gasteiger partial charge on any atom is -0.374 e. The molecule has 0 N–H and O–H groups in total. The summed E-state index contributed by atoms with van der Waals surface area (Å²) in [5, 5.41) is 0. The molecule has 0 aromatic carbocycles. The van der Waals surface area contributed by atoms with Gasteiger partial charge in [-0.3, -0.25) is 0 Å². The molecule has 10 heavy (non-hydrogen) atoms. The molecular formula is C8H16OS. The first-order valence-corrected chi connectivity index (χ1v) is 4.71. The standard InChI is InChI=1S/C8H16OS/c1-2-8(7-10)5-3-4-6-9-8/h10H,2-7H2,1H3. The van der Waals surface area contributed by atoms with Gasteiger partial charge in [0.15, 0.2) is 0 Å². The zero-order valence-corrected chi connectivity index (χ0v) is 7.49. The van der Waals surface area contributed by atoms with E-state index in [9.17, 15) is 0 Å². The van der Waals surface area contributed by atoms with Gasteiger partial charge in [0.2, 0.25) is 0 Å². The maximum absolute atomic E-state index is 5.69. The van der Waals surface area contributed by atoms with Gasteiger partial charge in [-0.05, 0) is 25.7 Å². The maximum Gasteiger partial charge on any atom is 0.0767 e. The number of rotatable bonds is 2. The molecule has 1 atom stereocenters. The minimum atomic E-state index is 0.126. The molecule has 1 nitrogen and oxygen atoms in total. The normalized spacial score (nSPS) is 34.2. The fourth-order valence-electron chi connectivity index (χ4n) is 1.43. The van der Waals surface area contributed by atoms with Gasteiger partial charge >= 0.3 is 0 Å². The first-order chi connectivity index (χ1) is 4.83. The number of hydrogen-bond acceptors (Lipinski definition) is 2. The van der Waals surface area contributed by atoms with Crippen LogP contribution in [0.15, 0.2) is 0 Å². The summed E-state index contributed by atoms with van der Waals surface area (Å²) < 4.78 is 5.69. The van der Waals surface area contributed by atoms with Crippen LogP contribution in [0.5, 0.6) is 0 Å². The summed E-state index contributed by atoms with van der Waals surface area (Å²) in [4.78, 5) is 0. The van der Waals surface area contributed by atoms with Crippen LogP contribution in [-0.4, -0.2) is 18.0 Å². The predicted octanol–water partition coefficient (Wildman–Crippen LogP) is 2.27. The third kappa shape index (κ3) is 1.67. The molecule has 0 amide bonds. The van der Waals surface area contributed by atoms with E-state index < -0.39 is 0 Å². The van der Waals surface area contributed by atoms with Crippen LogP contribution in [0.1, 0.15) is 32.6 Å². The number of thiol groups is 1. The highest BCUT2D eigenvalue weighted by molar-refractivity contribution is 7.80. The third-order valence-corrected chi connectivity index (χ3v) is 2.94. The third-order valence-electron chi connectivity index (χ3n) is 2.37. The lowest BCUT2D eigenvalue weighted by atomic mass is 9.93. The Morgan fingerprint density at radius 1 is 1.50 bits per heavy atom. The zero-order valence-electron chi connectivity index (χ0n) is 6.60. The highest BCUT2D eigenvalue weighted by atomic mass is 32.1. The molecule has 0 radical (unpaired) electrons. The average molecular weight is 160 g/mol. The Hall–Kier alpha value is 0.310. The lowest BCUT2D eigenvalue weighted by molar-refractivity contribution is -0.0630.